The molecule has 0 spiro atoms. The van der Waals surface area contributed by atoms with Gasteiger partial charge in [0.1, 0.15) is 11.5 Å². The number of nitro groups is 1. The van der Waals surface area contributed by atoms with Crippen LogP contribution in [0.4, 0.5) is 5.69 Å². The van der Waals surface area contributed by atoms with Gasteiger partial charge in [0.05, 0.1) is 15.9 Å². The highest BCUT2D eigenvalue weighted by Crippen LogP contribution is 2.36. The van der Waals surface area contributed by atoms with Gasteiger partial charge in [0.25, 0.3) is 5.69 Å². The Kier molecular flexibility index (Phi) is 3.38. The lowest BCUT2D eigenvalue weighted by molar-refractivity contribution is -0.385. The van der Waals surface area contributed by atoms with Crippen molar-refractivity contribution in [2.24, 2.45) is 0 Å². The van der Waals surface area contributed by atoms with Crippen LogP contribution in [-0.2, 0) is 0 Å². The topological polar surface area (TPSA) is 83.6 Å². The molecule has 2 aromatic carbocycles. The number of phenolic OH excluding ortho intramolecular Hbond substituents is 2. The lowest BCUT2D eigenvalue weighted by Gasteiger charge is -2.04. The summed E-state index contributed by atoms with van der Waals surface area (Å²) in [6, 6.07) is 10.4. The van der Waals surface area contributed by atoms with Gasteiger partial charge in [-0.3, -0.25) is 10.1 Å². The highest BCUT2D eigenvalue weighted by molar-refractivity contribution is 7.99. The van der Waals surface area contributed by atoms with E-state index in [0.29, 0.717) is 4.90 Å². The van der Waals surface area contributed by atoms with Crippen LogP contribution in [0.3, 0.4) is 0 Å². The van der Waals surface area contributed by atoms with Crippen LogP contribution in [0.15, 0.2) is 52.3 Å². The van der Waals surface area contributed by atoms with Crippen LogP contribution in [0.2, 0.25) is 0 Å². The highest BCUT2D eigenvalue weighted by atomic mass is 32.2. The SMILES string of the molecule is O=[N+]([O-])c1ccc(Sc2ccc(O)cc2)c(O)c1. The average molecular weight is 263 g/mol. The van der Waals surface area contributed by atoms with Gasteiger partial charge in [-0.2, -0.15) is 0 Å². The number of aromatic hydroxyl groups is 2. The van der Waals surface area contributed by atoms with Crippen LogP contribution < -0.4 is 0 Å². The van der Waals surface area contributed by atoms with Crippen molar-refractivity contribution >= 4 is 17.4 Å². The monoisotopic (exact) mass is 263 g/mol. The van der Waals surface area contributed by atoms with Gasteiger partial charge in [-0.15, -0.1) is 0 Å². The third-order valence-corrected chi connectivity index (χ3v) is 3.29. The fourth-order valence-electron chi connectivity index (χ4n) is 1.35. The summed E-state index contributed by atoms with van der Waals surface area (Å²) in [5, 5.41) is 29.3. The Morgan fingerprint density at radius 1 is 1.06 bits per heavy atom. The number of benzene rings is 2. The molecule has 0 radical (unpaired) electrons. The van der Waals surface area contributed by atoms with Gasteiger partial charge in [0.15, 0.2) is 0 Å². The minimum atomic E-state index is -0.561. The zero-order chi connectivity index (χ0) is 13.1. The van der Waals surface area contributed by atoms with Crippen molar-refractivity contribution in [3.63, 3.8) is 0 Å². The van der Waals surface area contributed by atoms with Crippen molar-refractivity contribution in [2.45, 2.75) is 9.79 Å². The molecule has 0 bridgehead atoms. The van der Waals surface area contributed by atoms with E-state index in [1.54, 1.807) is 12.1 Å². The molecule has 0 atom stereocenters. The van der Waals surface area contributed by atoms with Gasteiger partial charge < -0.3 is 10.2 Å². The van der Waals surface area contributed by atoms with Gasteiger partial charge in [0, 0.05) is 11.0 Å². The Labute approximate surface area is 107 Å². The number of non-ortho nitro benzene ring substituents is 1. The number of rotatable bonds is 3. The second-order valence-electron chi connectivity index (χ2n) is 3.51. The van der Waals surface area contributed by atoms with E-state index in [1.165, 1.54) is 36.0 Å². The number of phenols is 2. The Bertz CT molecular complexity index is 583. The van der Waals surface area contributed by atoms with E-state index in [-0.39, 0.29) is 17.2 Å². The minimum Gasteiger partial charge on any atom is -0.508 e. The fourth-order valence-corrected chi connectivity index (χ4v) is 2.17. The molecule has 0 fully saturated rings. The van der Waals surface area contributed by atoms with Crippen LogP contribution in [0.5, 0.6) is 11.5 Å². The van der Waals surface area contributed by atoms with E-state index in [9.17, 15) is 15.2 Å². The molecule has 0 saturated heterocycles. The summed E-state index contributed by atoms with van der Waals surface area (Å²) in [6.45, 7) is 0. The summed E-state index contributed by atoms with van der Waals surface area (Å²) in [5.74, 6) is 0.0227. The molecule has 2 rings (SSSR count). The lowest BCUT2D eigenvalue weighted by Crippen LogP contribution is -1.87. The molecule has 0 aliphatic rings. The Morgan fingerprint density at radius 3 is 2.28 bits per heavy atom. The standard InChI is InChI=1S/C12H9NO4S/c14-9-2-4-10(5-3-9)18-12-6-1-8(13(16)17)7-11(12)15/h1-7,14-15H. The highest BCUT2D eigenvalue weighted by Gasteiger charge is 2.10. The second kappa shape index (κ2) is 4.97. The van der Waals surface area contributed by atoms with Gasteiger partial charge in [-0.1, -0.05) is 11.8 Å². The molecule has 2 aromatic rings. The van der Waals surface area contributed by atoms with Crippen LogP contribution in [-0.4, -0.2) is 15.1 Å². The average Bonchev–Trinajstić information content (AvgIpc) is 2.34. The molecule has 92 valence electrons. The maximum Gasteiger partial charge on any atom is 0.273 e. The fraction of sp³-hybridized carbons (Fsp3) is 0. The summed E-state index contributed by atoms with van der Waals surface area (Å²) in [7, 11) is 0. The van der Waals surface area contributed by atoms with Crippen LogP contribution in [0, 0.1) is 10.1 Å². The first-order valence-corrected chi connectivity index (χ1v) is 5.82. The molecule has 0 aliphatic carbocycles. The largest absolute Gasteiger partial charge is 0.508 e. The van der Waals surface area contributed by atoms with E-state index in [0.717, 1.165) is 11.0 Å². The smallest absolute Gasteiger partial charge is 0.273 e. The molecular formula is C12H9NO4S. The number of nitro benzene ring substituents is 1. The molecule has 0 aromatic heterocycles. The lowest BCUT2D eigenvalue weighted by atomic mass is 10.3. The van der Waals surface area contributed by atoms with Crippen molar-refractivity contribution in [3.8, 4) is 11.5 Å². The van der Waals surface area contributed by atoms with Crippen molar-refractivity contribution in [1.29, 1.82) is 0 Å². The summed E-state index contributed by atoms with van der Waals surface area (Å²) >= 11 is 1.26. The zero-order valence-electron chi connectivity index (χ0n) is 9.11. The number of nitrogens with zero attached hydrogens (tertiary/aromatic N) is 1. The Morgan fingerprint density at radius 2 is 1.72 bits per heavy atom. The molecule has 0 amide bonds. The van der Waals surface area contributed by atoms with Gasteiger partial charge in [-0.25, -0.2) is 0 Å². The number of hydrogen-bond donors (Lipinski definition) is 2. The molecule has 6 heteroatoms. The summed E-state index contributed by atoms with van der Waals surface area (Å²) in [5.41, 5.74) is -0.150. The van der Waals surface area contributed by atoms with Crippen molar-refractivity contribution in [1.82, 2.24) is 0 Å². The predicted molar refractivity (Wildman–Crippen MR) is 67.0 cm³/mol. The Balaban J connectivity index is 2.24. The first-order valence-electron chi connectivity index (χ1n) is 5.00. The van der Waals surface area contributed by atoms with E-state index < -0.39 is 4.92 Å². The van der Waals surface area contributed by atoms with Crippen LogP contribution >= 0.6 is 11.8 Å². The molecule has 0 unspecified atom stereocenters. The third kappa shape index (κ3) is 2.72. The maximum atomic E-state index is 10.5. The summed E-state index contributed by atoms with van der Waals surface area (Å²) in [4.78, 5) is 11.3. The van der Waals surface area contributed by atoms with Crippen molar-refractivity contribution in [3.05, 3.63) is 52.6 Å². The van der Waals surface area contributed by atoms with Gasteiger partial charge in [-0.05, 0) is 30.3 Å². The van der Waals surface area contributed by atoms with E-state index in [4.69, 9.17) is 5.11 Å². The minimum absolute atomic E-state index is 0.137. The molecular weight excluding hydrogens is 254 g/mol. The number of hydrogen-bond acceptors (Lipinski definition) is 5. The van der Waals surface area contributed by atoms with E-state index in [1.807, 2.05) is 0 Å². The molecule has 0 saturated carbocycles. The molecule has 0 aliphatic heterocycles. The maximum absolute atomic E-state index is 10.5. The molecule has 0 heterocycles. The Hall–Kier alpha value is -2.21. The summed E-state index contributed by atoms with van der Waals surface area (Å²) in [6.07, 6.45) is 0. The van der Waals surface area contributed by atoms with Crippen LogP contribution in [0.25, 0.3) is 0 Å². The van der Waals surface area contributed by atoms with Gasteiger partial charge in [0.2, 0.25) is 0 Å². The molecule has 2 N–H and O–H groups in total. The zero-order valence-corrected chi connectivity index (χ0v) is 9.92. The second-order valence-corrected chi connectivity index (χ2v) is 4.62. The molecule has 18 heavy (non-hydrogen) atoms. The first-order chi connectivity index (χ1) is 8.56. The molecule has 5 nitrogen and oxygen atoms in total. The summed E-state index contributed by atoms with van der Waals surface area (Å²) < 4.78 is 0. The van der Waals surface area contributed by atoms with Crippen molar-refractivity contribution in [2.75, 3.05) is 0 Å². The van der Waals surface area contributed by atoms with Crippen LogP contribution in [0.1, 0.15) is 0 Å². The quantitative estimate of drug-likeness (QED) is 0.656. The third-order valence-electron chi connectivity index (χ3n) is 2.22. The first kappa shape index (κ1) is 12.3. The van der Waals surface area contributed by atoms with E-state index in [2.05, 4.69) is 0 Å². The van der Waals surface area contributed by atoms with E-state index >= 15 is 0 Å². The normalized spacial score (nSPS) is 10.2. The predicted octanol–water partition coefficient (Wildman–Crippen LogP) is 3.16. The van der Waals surface area contributed by atoms with Crippen molar-refractivity contribution < 1.29 is 15.1 Å². The van der Waals surface area contributed by atoms with Gasteiger partial charge >= 0.3 is 0 Å².